The van der Waals surface area contributed by atoms with E-state index in [-0.39, 0.29) is 0 Å². The molecule has 5 nitrogen and oxygen atoms in total. The Morgan fingerprint density at radius 1 is 0.966 bits per heavy atom. The van der Waals surface area contributed by atoms with Crippen LogP contribution in [0.1, 0.15) is 19.5 Å². The van der Waals surface area contributed by atoms with Gasteiger partial charge >= 0.3 is 0 Å². The fraction of sp³-hybridized carbons (Fsp3) is 0.304. The van der Waals surface area contributed by atoms with E-state index in [0.29, 0.717) is 0 Å². The summed E-state index contributed by atoms with van der Waals surface area (Å²) >= 11 is 1.78. The Kier molecular flexibility index (Phi) is 7.90. The Balaban J connectivity index is 0.00000117. The molecule has 0 atom stereocenters. The van der Waals surface area contributed by atoms with Crippen LogP contribution in [0.2, 0.25) is 0 Å². The number of ether oxygens (including phenoxy) is 1. The third kappa shape index (κ3) is 5.95. The highest BCUT2D eigenvalue weighted by atomic mass is 32.2. The molecule has 1 aromatic heterocycles. The summed E-state index contributed by atoms with van der Waals surface area (Å²) in [7, 11) is 0. The third-order valence-electron chi connectivity index (χ3n) is 4.40. The zero-order chi connectivity index (χ0) is 20.5. The SMILES string of the molecule is CC.Nc1ccc(-c2nc(CSc3ccccc3)cc(N3CCOCC3)n2)cc1. The number of hydrogen-bond acceptors (Lipinski definition) is 6. The van der Waals surface area contributed by atoms with Crippen LogP contribution in [-0.2, 0) is 10.5 Å². The van der Waals surface area contributed by atoms with Gasteiger partial charge < -0.3 is 15.4 Å². The highest BCUT2D eigenvalue weighted by Crippen LogP contribution is 2.26. The van der Waals surface area contributed by atoms with Crippen LogP contribution in [0.4, 0.5) is 11.5 Å². The molecule has 2 heterocycles. The van der Waals surface area contributed by atoms with Crippen molar-refractivity contribution in [3.05, 3.63) is 66.4 Å². The van der Waals surface area contributed by atoms with E-state index in [1.165, 1.54) is 4.90 Å². The van der Waals surface area contributed by atoms with E-state index in [9.17, 15) is 0 Å². The van der Waals surface area contributed by atoms with Gasteiger partial charge in [0.25, 0.3) is 0 Å². The molecule has 0 spiro atoms. The minimum Gasteiger partial charge on any atom is -0.399 e. The highest BCUT2D eigenvalue weighted by Gasteiger charge is 2.16. The topological polar surface area (TPSA) is 64.3 Å². The molecule has 1 fully saturated rings. The van der Waals surface area contributed by atoms with Crippen LogP contribution >= 0.6 is 11.8 Å². The number of rotatable bonds is 5. The molecule has 6 heteroatoms. The molecule has 1 saturated heterocycles. The molecule has 0 unspecified atom stereocenters. The summed E-state index contributed by atoms with van der Waals surface area (Å²) in [6.45, 7) is 7.16. The standard InChI is InChI=1S/C21H22N4OS.C2H6/c22-17-8-6-16(7-9-17)21-23-18(15-27-19-4-2-1-3-5-19)14-20(24-21)25-10-12-26-13-11-25;1-2/h1-9,14H,10-13,15,22H2;1-2H3. The second-order valence-corrected chi connectivity index (χ2v) is 7.41. The molecule has 0 aliphatic carbocycles. The largest absolute Gasteiger partial charge is 0.399 e. The average Bonchev–Trinajstić information content (AvgIpc) is 2.80. The predicted molar refractivity (Wildman–Crippen MR) is 122 cm³/mol. The number of aromatic nitrogens is 2. The van der Waals surface area contributed by atoms with Crippen LogP contribution in [0, 0.1) is 0 Å². The summed E-state index contributed by atoms with van der Waals surface area (Å²) in [5.74, 6) is 2.50. The molecule has 0 bridgehead atoms. The highest BCUT2D eigenvalue weighted by molar-refractivity contribution is 7.98. The van der Waals surface area contributed by atoms with E-state index < -0.39 is 0 Å². The number of anilines is 2. The van der Waals surface area contributed by atoms with Crippen molar-refractivity contribution in [2.45, 2.75) is 24.5 Å². The van der Waals surface area contributed by atoms with Gasteiger partial charge in [-0.2, -0.15) is 0 Å². The summed E-state index contributed by atoms with van der Waals surface area (Å²) in [5.41, 5.74) is 8.56. The van der Waals surface area contributed by atoms with Gasteiger partial charge in [0.05, 0.1) is 18.9 Å². The van der Waals surface area contributed by atoms with E-state index in [0.717, 1.165) is 60.6 Å². The number of hydrogen-bond donors (Lipinski definition) is 1. The van der Waals surface area contributed by atoms with Gasteiger partial charge in [-0.25, -0.2) is 9.97 Å². The third-order valence-corrected chi connectivity index (χ3v) is 5.45. The predicted octanol–water partition coefficient (Wildman–Crippen LogP) is 4.88. The summed E-state index contributed by atoms with van der Waals surface area (Å²) in [6, 6.07) is 20.2. The smallest absolute Gasteiger partial charge is 0.161 e. The first-order valence-corrected chi connectivity index (χ1v) is 11.0. The molecular weight excluding hydrogens is 380 g/mol. The number of morpholine rings is 1. The molecule has 152 valence electrons. The van der Waals surface area contributed by atoms with Crippen LogP contribution in [0.5, 0.6) is 0 Å². The van der Waals surface area contributed by atoms with Crippen molar-refractivity contribution in [3.8, 4) is 11.4 Å². The molecule has 4 rings (SSSR count). The van der Waals surface area contributed by atoms with Gasteiger partial charge in [0, 0.05) is 41.1 Å². The fourth-order valence-electron chi connectivity index (χ4n) is 2.95. The number of nitrogens with zero attached hydrogens (tertiary/aromatic N) is 3. The molecular formula is C23H28N4OS. The van der Waals surface area contributed by atoms with Crippen LogP contribution < -0.4 is 10.6 Å². The zero-order valence-corrected chi connectivity index (χ0v) is 17.9. The van der Waals surface area contributed by atoms with Crippen LogP contribution in [0.25, 0.3) is 11.4 Å². The molecule has 29 heavy (non-hydrogen) atoms. The van der Waals surface area contributed by atoms with Crippen molar-refractivity contribution in [1.29, 1.82) is 0 Å². The molecule has 2 aromatic carbocycles. The Labute approximate surface area is 177 Å². The van der Waals surface area contributed by atoms with E-state index in [4.69, 9.17) is 20.4 Å². The molecule has 1 aliphatic rings. The van der Waals surface area contributed by atoms with Gasteiger partial charge in [0.15, 0.2) is 5.82 Å². The maximum Gasteiger partial charge on any atom is 0.161 e. The first kappa shape index (κ1) is 21.1. The lowest BCUT2D eigenvalue weighted by atomic mass is 10.2. The van der Waals surface area contributed by atoms with Crippen molar-refractivity contribution < 1.29 is 4.74 Å². The van der Waals surface area contributed by atoms with Crippen molar-refractivity contribution in [2.24, 2.45) is 0 Å². The van der Waals surface area contributed by atoms with E-state index >= 15 is 0 Å². The first-order chi connectivity index (χ1) is 14.3. The Bertz CT molecular complexity index is 881. The van der Waals surface area contributed by atoms with Crippen LogP contribution in [-0.4, -0.2) is 36.3 Å². The lowest BCUT2D eigenvalue weighted by molar-refractivity contribution is 0.122. The fourth-order valence-corrected chi connectivity index (χ4v) is 3.76. The minimum absolute atomic E-state index is 0.731. The summed E-state index contributed by atoms with van der Waals surface area (Å²) < 4.78 is 5.48. The van der Waals surface area contributed by atoms with E-state index in [2.05, 4.69) is 35.2 Å². The lowest BCUT2D eigenvalue weighted by Gasteiger charge is -2.28. The summed E-state index contributed by atoms with van der Waals surface area (Å²) in [6.07, 6.45) is 0. The number of nitrogens with two attached hydrogens (primary N) is 1. The van der Waals surface area contributed by atoms with Crippen LogP contribution in [0.15, 0.2) is 65.6 Å². The van der Waals surface area contributed by atoms with Gasteiger partial charge in [0.2, 0.25) is 0 Å². The monoisotopic (exact) mass is 408 g/mol. The Morgan fingerprint density at radius 2 is 1.66 bits per heavy atom. The molecule has 3 aromatic rings. The van der Waals surface area contributed by atoms with Crippen molar-refractivity contribution >= 4 is 23.3 Å². The van der Waals surface area contributed by atoms with Gasteiger partial charge in [-0.05, 0) is 36.4 Å². The molecule has 2 N–H and O–H groups in total. The minimum atomic E-state index is 0.731. The van der Waals surface area contributed by atoms with E-state index in [1.807, 2.05) is 44.2 Å². The van der Waals surface area contributed by atoms with Gasteiger partial charge in [-0.3, -0.25) is 0 Å². The normalized spacial score (nSPS) is 13.5. The average molecular weight is 409 g/mol. The van der Waals surface area contributed by atoms with Gasteiger partial charge in [-0.15, -0.1) is 11.8 Å². The van der Waals surface area contributed by atoms with Gasteiger partial charge in [-0.1, -0.05) is 32.0 Å². The Morgan fingerprint density at radius 3 is 2.34 bits per heavy atom. The maximum atomic E-state index is 5.83. The lowest BCUT2D eigenvalue weighted by Crippen LogP contribution is -2.37. The summed E-state index contributed by atoms with van der Waals surface area (Å²) in [5, 5.41) is 0. The zero-order valence-electron chi connectivity index (χ0n) is 17.0. The second-order valence-electron chi connectivity index (χ2n) is 6.36. The molecule has 0 amide bonds. The number of thioether (sulfide) groups is 1. The number of nitrogen functional groups attached to an aromatic ring is 1. The quantitative estimate of drug-likeness (QED) is 0.479. The van der Waals surface area contributed by atoms with Crippen molar-refractivity contribution in [1.82, 2.24) is 9.97 Å². The van der Waals surface area contributed by atoms with Crippen LogP contribution in [0.3, 0.4) is 0 Å². The first-order valence-electron chi connectivity index (χ1n) is 10.0. The van der Waals surface area contributed by atoms with Gasteiger partial charge in [0.1, 0.15) is 5.82 Å². The maximum absolute atomic E-state index is 5.83. The molecule has 0 radical (unpaired) electrons. The molecule has 0 saturated carbocycles. The van der Waals surface area contributed by atoms with Crippen molar-refractivity contribution in [2.75, 3.05) is 36.9 Å². The Hall–Kier alpha value is -2.57. The van der Waals surface area contributed by atoms with E-state index in [1.54, 1.807) is 11.8 Å². The molecule has 1 aliphatic heterocycles. The summed E-state index contributed by atoms with van der Waals surface area (Å²) in [4.78, 5) is 13.1. The second kappa shape index (κ2) is 10.8. The number of benzene rings is 2. The van der Waals surface area contributed by atoms with Crippen molar-refractivity contribution in [3.63, 3.8) is 0 Å².